The number of fused-ring (bicyclic) bond motifs is 4. The quantitative estimate of drug-likeness (QED) is 0.698. The molecule has 0 amide bonds. The molecule has 2 aliphatic rings. The van der Waals surface area contributed by atoms with Gasteiger partial charge in [0.15, 0.2) is 0 Å². The van der Waals surface area contributed by atoms with E-state index in [2.05, 4.69) is 63.7 Å². The summed E-state index contributed by atoms with van der Waals surface area (Å²) in [5.41, 5.74) is 4.29. The highest BCUT2D eigenvalue weighted by Crippen LogP contribution is 2.46. The summed E-state index contributed by atoms with van der Waals surface area (Å²) in [6.07, 6.45) is 1.84. The molecule has 0 bridgehead atoms. The lowest BCUT2D eigenvalue weighted by Crippen LogP contribution is -2.46. The fourth-order valence-corrected chi connectivity index (χ4v) is 4.45. The Kier molecular flexibility index (Phi) is 2.63. The Labute approximate surface area is 140 Å². The van der Waals surface area contributed by atoms with Gasteiger partial charge in [-0.25, -0.2) is 0 Å². The van der Waals surface area contributed by atoms with Crippen LogP contribution in [0.4, 0.5) is 0 Å². The molecule has 112 valence electrons. The summed E-state index contributed by atoms with van der Waals surface area (Å²) in [6.45, 7) is 1.84. The number of thiocarbonyl (C=S) groups is 1. The van der Waals surface area contributed by atoms with Crippen LogP contribution in [0.2, 0.25) is 0 Å². The molecule has 0 aliphatic carbocycles. The molecule has 1 N–H and O–H groups in total. The normalized spacial score (nSPS) is 22.4. The number of pyridine rings is 1. The molecule has 3 heterocycles. The highest BCUT2D eigenvalue weighted by Gasteiger charge is 2.52. The average molecular weight is 317 g/mol. The summed E-state index contributed by atoms with van der Waals surface area (Å²) < 4.78 is 0. The van der Waals surface area contributed by atoms with E-state index in [1.54, 1.807) is 0 Å². The minimum absolute atomic E-state index is 0.365. The molecule has 0 spiro atoms. The number of benzene rings is 2. The van der Waals surface area contributed by atoms with Crippen molar-refractivity contribution < 1.29 is 0 Å². The van der Waals surface area contributed by atoms with Crippen LogP contribution in [0.1, 0.15) is 16.7 Å². The van der Waals surface area contributed by atoms with Crippen molar-refractivity contribution in [3.63, 3.8) is 0 Å². The topological polar surface area (TPSA) is 28.2 Å². The average Bonchev–Trinajstić information content (AvgIpc) is 3.14. The summed E-state index contributed by atoms with van der Waals surface area (Å²) in [5, 5.41) is 4.91. The van der Waals surface area contributed by atoms with Crippen molar-refractivity contribution in [1.29, 1.82) is 0 Å². The Morgan fingerprint density at radius 2 is 1.87 bits per heavy atom. The third kappa shape index (κ3) is 1.57. The molecule has 1 atom stereocenters. The van der Waals surface area contributed by atoms with Crippen molar-refractivity contribution in [2.24, 2.45) is 0 Å². The molecule has 1 saturated heterocycles. The molecular weight excluding hydrogens is 302 g/mol. The maximum absolute atomic E-state index is 5.78. The van der Waals surface area contributed by atoms with Gasteiger partial charge < -0.3 is 4.90 Å². The van der Waals surface area contributed by atoms with Crippen molar-refractivity contribution in [2.45, 2.75) is 5.66 Å². The van der Waals surface area contributed by atoms with Crippen molar-refractivity contribution >= 4 is 28.1 Å². The number of aromatic nitrogens is 1. The largest absolute Gasteiger partial charge is 0.335 e. The predicted molar refractivity (Wildman–Crippen MR) is 95.4 cm³/mol. The standard InChI is InChI=1S/C19H15N3S/c23-18-14-5-1-2-7-16(14)19(21-11-12-22(18)19)15-8-3-9-17-13(15)6-4-10-20-17/h1-10,21H,11-12H2. The van der Waals surface area contributed by atoms with E-state index in [9.17, 15) is 0 Å². The highest BCUT2D eigenvalue weighted by molar-refractivity contribution is 7.80. The summed E-state index contributed by atoms with van der Waals surface area (Å²) in [7, 11) is 0. The maximum Gasteiger partial charge on any atom is 0.146 e. The van der Waals surface area contributed by atoms with E-state index in [0.29, 0.717) is 0 Å². The van der Waals surface area contributed by atoms with Crippen molar-refractivity contribution in [3.8, 4) is 0 Å². The number of hydrogen-bond donors (Lipinski definition) is 1. The van der Waals surface area contributed by atoms with Crippen molar-refractivity contribution in [2.75, 3.05) is 13.1 Å². The zero-order chi connectivity index (χ0) is 15.4. The van der Waals surface area contributed by atoms with Crippen LogP contribution >= 0.6 is 12.2 Å². The second kappa shape index (κ2) is 4.60. The molecule has 23 heavy (non-hydrogen) atoms. The Bertz CT molecular complexity index is 947. The molecule has 1 aromatic heterocycles. The van der Waals surface area contributed by atoms with Gasteiger partial charge in [-0.3, -0.25) is 10.3 Å². The first-order valence-corrected chi connectivity index (χ1v) is 8.24. The third-order valence-electron chi connectivity index (χ3n) is 4.95. The lowest BCUT2D eigenvalue weighted by molar-refractivity contribution is 0.283. The number of nitrogens with zero attached hydrogens (tertiary/aromatic N) is 2. The molecule has 1 unspecified atom stereocenters. The van der Waals surface area contributed by atoms with Crippen LogP contribution in [-0.2, 0) is 5.66 Å². The molecule has 1 fully saturated rings. The van der Waals surface area contributed by atoms with Crippen LogP contribution in [0.3, 0.4) is 0 Å². The third-order valence-corrected chi connectivity index (χ3v) is 5.39. The summed E-state index contributed by atoms with van der Waals surface area (Å²) in [6, 6.07) is 19.0. The molecular formula is C19H15N3S. The second-order valence-electron chi connectivity index (χ2n) is 6.02. The SMILES string of the molecule is S=C1c2ccccc2C2(c3cccc4ncccc34)NCCN12. The number of rotatable bonds is 1. The molecule has 4 heteroatoms. The highest BCUT2D eigenvalue weighted by atomic mass is 32.1. The fourth-order valence-electron chi connectivity index (χ4n) is 4.04. The molecule has 0 radical (unpaired) electrons. The van der Waals surface area contributed by atoms with Gasteiger partial charge in [-0.2, -0.15) is 0 Å². The van der Waals surface area contributed by atoms with Gasteiger partial charge in [0.1, 0.15) is 10.7 Å². The van der Waals surface area contributed by atoms with Gasteiger partial charge in [0.25, 0.3) is 0 Å². The van der Waals surface area contributed by atoms with E-state index in [1.807, 2.05) is 12.3 Å². The minimum atomic E-state index is -0.365. The molecule has 5 rings (SSSR count). The smallest absolute Gasteiger partial charge is 0.146 e. The zero-order valence-corrected chi connectivity index (χ0v) is 13.3. The summed E-state index contributed by atoms with van der Waals surface area (Å²) in [4.78, 5) is 7.78. The van der Waals surface area contributed by atoms with E-state index >= 15 is 0 Å². The van der Waals surface area contributed by atoms with Crippen LogP contribution in [0.5, 0.6) is 0 Å². The van der Waals surface area contributed by atoms with Gasteiger partial charge in [-0.05, 0) is 12.1 Å². The van der Waals surface area contributed by atoms with Crippen LogP contribution in [0, 0.1) is 0 Å². The predicted octanol–water partition coefficient (Wildman–Crippen LogP) is 3.03. The lowest BCUT2D eigenvalue weighted by atomic mass is 9.89. The van der Waals surface area contributed by atoms with Gasteiger partial charge >= 0.3 is 0 Å². The van der Waals surface area contributed by atoms with E-state index in [-0.39, 0.29) is 5.66 Å². The Morgan fingerprint density at radius 1 is 1.00 bits per heavy atom. The van der Waals surface area contributed by atoms with E-state index < -0.39 is 0 Å². The zero-order valence-electron chi connectivity index (χ0n) is 12.5. The monoisotopic (exact) mass is 317 g/mol. The van der Waals surface area contributed by atoms with Crippen molar-refractivity contribution in [1.82, 2.24) is 15.2 Å². The van der Waals surface area contributed by atoms with Crippen LogP contribution in [0.15, 0.2) is 60.8 Å². The maximum atomic E-state index is 5.78. The van der Waals surface area contributed by atoms with Crippen molar-refractivity contribution in [3.05, 3.63) is 77.5 Å². The van der Waals surface area contributed by atoms with Gasteiger partial charge in [0, 0.05) is 41.4 Å². The molecule has 3 nitrogen and oxygen atoms in total. The van der Waals surface area contributed by atoms with Gasteiger partial charge in [0.2, 0.25) is 0 Å². The van der Waals surface area contributed by atoms with Crippen LogP contribution < -0.4 is 5.32 Å². The fraction of sp³-hybridized carbons (Fsp3) is 0.158. The summed E-state index contributed by atoms with van der Waals surface area (Å²) >= 11 is 5.78. The Hall–Kier alpha value is -2.30. The molecule has 2 aromatic carbocycles. The van der Waals surface area contributed by atoms with Crippen LogP contribution in [-0.4, -0.2) is 28.0 Å². The first kappa shape index (κ1) is 13.2. The van der Waals surface area contributed by atoms with E-state index in [0.717, 1.165) is 29.2 Å². The number of hydrogen-bond acceptors (Lipinski definition) is 3. The van der Waals surface area contributed by atoms with Gasteiger partial charge in [0.05, 0.1) is 5.52 Å². The lowest BCUT2D eigenvalue weighted by Gasteiger charge is -2.35. The minimum Gasteiger partial charge on any atom is -0.335 e. The first-order chi connectivity index (χ1) is 11.3. The van der Waals surface area contributed by atoms with Gasteiger partial charge in [-0.15, -0.1) is 0 Å². The van der Waals surface area contributed by atoms with Crippen LogP contribution in [0.25, 0.3) is 10.9 Å². The second-order valence-corrected chi connectivity index (χ2v) is 6.40. The number of nitrogens with one attached hydrogen (secondary N) is 1. The first-order valence-electron chi connectivity index (χ1n) is 7.83. The Balaban J connectivity index is 1.89. The Morgan fingerprint density at radius 3 is 2.83 bits per heavy atom. The van der Waals surface area contributed by atoms with Gasteiger partial charge in [-0.1, -0.05) is 54.7 Å². The molecule has 2 aliphatic heterocycles. The molecule has 0 saturated carbocycles. The van der Waals surface area contributed by atoms with E-state index in [1.165, 1.54) is 16.5 Å². The summed E-state index contributed by atoms with van der Waals surface area (Å²) in [5.74, 6) is 0. The van der Waals surface area contributed by atoms with E-state index in [4.69, 9.17) is 12.2 Å². The molecule has 3 aromatic rings.